The maximum Gasteiger partial charge on any atom is 0.335 e. The number of rotatable bonds is 4. The second-order valence-electron chi connectivity index (χ2n) is 2.66. The van der Waals surface area contributed by atoms with E-state index in [1.54, 1.807) is 6.07 Å². The van der Waals surface area contributed by atoms with Gasteiger partial charge in [-0.2, -0.15) is 0 Å². The Hall–Kier alpha value is -1.69. The van der Waals surface area contributed by atoms with Crippen LogP contribution in [-0.2, 0) is 4.79 Å². The number of hydrogen-bond donors (Lipinski definition) is 3. The maximum absolute atomic E-state index is 10.8. The fourth-order valence-electron chi connectivity index (χ4n) is 0.900. The van der Waals surface area contributed by atoms with E-state index in [1.165, 1.54) is 18.2 Å². The molecule has 15 heavy (non-hydrogen) atoms. The second kappa shape index (κ2) is 5.26. The summed E-state index contributed by atoms with van der Waals surface area (Å²) in [5.74, 6) is -1.12. The average molecular weight is 227 g/mol. The molecule has 2 N–H and O–H groups in total. The van der Waals surface area contributed by atoms with Crippen LogP contribution in [0.3, 0.4) is 0 Å². The molecule has 0 saturated heterocycles. The Balaban J connectivity index is 2.66. The van der Waals surface area contributed by atoms with Crippen molar-refractivity contribution in [3.63, 3.8) is 0 Å². The first kappa shape index (κ1) is 11.4. The predicted molar refractivity (Wildman–Crippen MR) is 56.0 cm³/mol. The average Bonchev–Trinajstić information content (AvgIpc) is 2.26. The summed E-state index contributed by atoms with van der Waals surface area (Å²) in [6.07, 6.45) is 0. The normalized spacial score (nSPS) is 9.40. The number of thiol groups is 1. The lowest BCUT2D eigenvalue weighted by atomic mass is 10.2. The minimum atomic E-state index is -1.04. The quantitative estimate of drug-likeness (QED) is 0.663. The molecule has 0 fully saturated rings. The van der Waals surface area contributed by atoms with E-state index in [1.807, 2.05) is 0 Å². The second-order valence-corrected chi connectivity index (χ2v) is 2.88. The molecule has 0 atom stereocenters. The standard InChI is InChI=1S/C9H9NO4S/c11-8(10-15)5-14-7-3-1-2-6(4-7)9(12)13/h1-4,15H,5H2,(H,10,11)(H,12,13). The monoisotopic (exact) mass is 227 g/mol. The van der Waals surface area contributed by atoms with Gasteiger partial charge < -0.3 is 9.84 Å². The molecule has 0 spiro atoms. The van der Waals surface area contributed by atoms with E-state index < -0.39 is 11.9 Å². The summed E-state index contributed by atoms with van der Waals surface area (Å²) in [6.45, 7) is -0.202. The van der Waals surface area contributed by atoms with Gasteiger partial charge in [0.1, 0.15) is 5.75 Å². The highest BCUT2D eigenvalue weighted by Crippen LogP contribution is 2.12. The highest BCUT2D eigenvalue weighted by molar-refractivity contribution is 7.78. The van der Waals surface area contributed by atoms with E-state index in [9.17, 15) is 9.59 Å². The van der Waals surface area contributed by atoms with Crippen LogP contribution in [0.1, 0.15) is 10.4 Å². The summed E-state index contributed by atoms with van der Waals surface area (Å²) in [5, 5.41) is 8.69. The third-order valence-electron chi connectivity index (χ3n) is 1.58. The molecule has 0 aliphatic carbocycles. The van der Waals surface area contributed by atoms with Gasteiger partial charge in [0.05, 0.1) is 5.56 Å². The number of aromatic carboxylic acids is 1. The molecule has 1 rings (SSSR count). The number of nitrogens with one attached hydrogen (secondary N) is 1. The predicted octanol–water partition coefficient (Wildman–Crippen LogP) is 0.725. The first-order valence-electron chi connectivity index (χ1n) is 4.02. The van der Waals surface area contributed by atoms with Gasteiger partial charge in [-0.1, -0.05) is 18.9 Å². The SMILES string of the molecule is O=C(COc1cccc(C(=O)O)c1)NS. The Bertz CT molecular complexity index is 380. The summed E-state index contributed by atoms with van der Waals surface area (Å²) < 4.78 is 7.11. The van der Waals surface area contributed by atoms with E-state index in [0.29, 0.717) is 5.75 Å². The topological polar surface area (TPSA) is 75.6 Å². The van der Waals surface area contributed by atoms with Gasteiger partial charge in [-0.05, 0) is 18.2 Å². The Kier molecular flexibility index (Phi) is 3.99. The number of carboxylic acids is 1. The van der Waals surface area contributed by atoms with Gasteiger partial charge in [-0.15, -0.1) is 0 Å². The number of carboxylic acid groups (broad SMARTS) is 1. The van der Waals surface area contributed by atoms with E-state index >= 15 is 0 Å². The van der Waals surface area contributed by atoms with Crippen LogP contribution in [0.5, 0.6) is 5.75 Å². The van der Waals surface area contributed by atoms with Crippen molar-refractivity contribution in [3.05, 3.63) is 29.8 Å². The zero-order valence-electron chi connectivity index (χ0n) is 7.64. The van der Waals surface area contributed by atoms with Gasteiger partial charge in [0.25, 0.3) is 5.91 Å². The van der Waals surface area contributed by atoms with Crippen LogP contribution >= 0.6 is 12.8 Å². The molecule has 0 aliphatic heterocycles. The van der Waals surface area contributed by atoms with Crippen LogP contribution in [0.25, 0.3) is 0 Å². The molecule has 5 nitrogen and oxygen atoms in total. The van der Waals surface area contributed by atoms with Crippen LogP contribution in [0.15, 0.2) is 24.3 Å². The van der Waals surface area contributed by atoms with Gasteiger partial charge in [0.15, 0.2) is 6.61 Å². The lowest BCUT2D eigenvalue weighted by Crippen LogP contribution is -2.21. The van der Waals surface area contributed by atoms with E-state index in [2.05, 4.69) is 17.5 Å². The van der Waals surface area contributed by atoms with Crippen molar-refractivity contribution in [2.45, 2.75) is 0 Å². The van der Waals surface area contributed by atoms with Crippen molar-refractivity contribution >= 4 is 24.7 Å². The molecule has 0 aromatic heterocycles. The molecular formula is C9H9NO4S. The molecule has 0 heterocycles. The molecule has 1 amide bonds. The highest BCUT2D eigenvalue weighted by Gasteiger charge is 2.05. The van der Waals surface area contributed by atoms with Gasteiger partial charge in [0.2, 0.25) is 0 Å². The Morgan fingerprint density at radius 1 is 1.47 bits per heavy atom. The Labute approximate surface area is 91.6 Å². The zero-order valence-corrected chi connectivity index (χ0v) is 8.53. The van der Waals surface area contributed by atoms with Crippen LogP contribution in [0.4, 0.5) is 0 Å². The molecule has 0 aliphatic rings. The number of amides is 1. The fourth-order valence-corrected chi connectivity index (χ4v) is 0.965. The minimum absolute atomic E-state index is 0.110. The van der Waals surface area contributed by atoms with E-state index in [-0.39, 0.29) is 12.2 Å². The van der Waals surface area contributed by atoms with E-state index in [0.717, 1.165) is 0 Å². The largest absolute Gasteiger partial charge is 0.484 e. The summed E-state index contributed by atoms with van der Waals surface area (Å²) in [5.41, 5.74) is 0.110. The molecular weight excluding hydrogens is 218 g/mol. The zero-order chi connectivity index (χ0) is 11.3. The third kappa shape index (κ3) is 3.51. The summed E-state index contributed by atoms with van der Waals surface area (Å²) in [7, 11) is 0. The summed E-state index contributed by atoms with van der Waals surface area (Å²) in [6, 6.07) is 5.89. The number of carbonyl (C=O) groups excluding carboxylic acids is 1. The van der Waals surface area contributed by atoms with Crippen LogP contribution in [-0.4, -0.2) is 23.6 Å². The Morgan fingerprint density at radius 3 is 2.80 bits per heavy atom. The molecule has 80 valence electrons. The number of benzene rings is 1. The number of ether oxygens (including phenoxy) is 1. The van der Waals surface area contributed by atoms with Crippen LogP contribution in [0.2, 0.25) is 0 Å². The van der Waals surface area contributed by atoms with Crippen molar-refractivity contribution in [3.8, 4) is 5.75 Å². The first-order valence-corrected chi connectivity index (χ1v) is 4.47. The maximum atomic E-state index is 10.8. The van der Waals surface area contributed by atoms with Crippen molar-refractivity contribution in [2.75, 3.05) is 6.61 Å². The molecule has 0 unspecified atom stereocenters. The van der Waals surface area contributed by atoms with Gasteiger partial charge >= 0.3 is 5.97 Å². The first-order chi connectivity index (χ1) is 7.13. The van der Waals surface area contributed by atoms with Gasteiger partial charge in [-0.25, -0.2) is 4.79 Å². The lowest BCUT2D eigenvalue weighted by molar-refractivity contribution is -0.121. The summed E-state index contributed by atoms with van der Waals surface area (Å²) in [4.78, 5) is 21.4. The van der Waals surface area contributed by atoms with Crippen molar-refractivity contribution in [1.29, 1.82) is 0 Å². The van der Waals surface area contributed by atoms with Crippen molar-refractivity contribution in [1.82, 2.24) is 4.72 Å². The van der Waals surface area contributed by atoms with E-state index in [4.69, 9.17) is 9.84 Å². The molecule has 6 heteroatoms. The number of hydrogen-bond acceptors (Lipinski definition) is 4. The lowest BCUT2D eigenvalue weighted by Gasteiger charge is -2.04. The van der Waals surface area contributed by atoms with Crippen LogP contribution in [0, 0.1) is 0 Å². The molecule has 0 bridgehead atoms. The summed E-state index contributed by atoms with van der Waals surface area (Å²) >= 11 is 3.54. The van der Waals surface area contributed by atoms with Gasteiger partial charge in [-0.3, -0.25) is 9.52 Å². The Morgan fingerprint density at radius 2 is 2.20 bits per heavy atom. The van der Waals surface area contributed by atoms with Crippen molar-refractivity contribution < 1.29 is 19.4 Å². The molecule has 1 aromatic rings. The number of carbonyl (C=O) groups is 2. The molecule has 1 aromatic carbocycles. The minimum Gasteiger partial charge on any atom is -0.484 e. The van der Waals surface area contributed by atoms with Gasteiger partial charge in [0, 0.05) is 0 Å². The van der Waals surface area contributed by atoms with Crippen molar-refractivity contribution in [2.24, 2.45) is 0 Å². The smallest absolute Gasteiger partial charge is 0.335 e. The molecule has 0 saturated carbocycles. The molecule has 0 radical (unpaired) electrons. The fraction of sp³-hybridized carbons (Fsp3) is 0.111. The van der Waals surface area contributed by atoms with Crippen LogP contribution < -0.4 is 9.46 Å². The third-order valence-corrected chi connectivity index (χ3v) is 1.83. The highest BCUT2D eigenvalue weighted by atomic mass is 32.1.